The van der Waals surface area contributed by atoms with Crippen LogP contribution in [0.5, 0.6) is 0 Å². The van der Waals surface area contributed by atoms with Crippen molar-refractivity contribution in [1.82, 2.24) is 4.90 Å². The van der Waals surface area contributed by atoms with Gasteiger partial charge < -0.3 is 5.11 Å². The highest BCUT2D eigenvalue weighted by Gasteiger charge is 2.28. The smallest absolute Gasteiger partial charge is 0.321 e. The molecule has 0 amide bonds. The lowest BCUT2D eigenvalue weighted by atomic mass is 10.0. The Morgan fingerprint density at radius 2 is 1.70 bits per heavy atom. The van der Waals surface area contributed by atoms with Gasteiger partial charge in [-0.05, 0) is 56.1 Å². The topological polar surface area (TPSA) is 40.5 Å². The van der Waals surface area contributed by atoms with Crippen molar-refractivity contribution in [3.8, 4) is 0 Å². The van der Waals surface area contributed by atoms with Crippen molar-refractivity contribution in [2.45, 2.75) is 35.1 Å². The van der Waals surface area contributed by atoms with Gasteiger partial charge >= 0.3 is 5.97 Å². The largest absolute Gasteiger partial charge is 0.480 e. The summed E-state index contributed by atoms with van der Waals surface area (Å²) in [6.45, 7) is 1.79. The lowest BCUT2D eigenvalue weighted by molar-refractivity contribution is -0.142. The Kier molecular flexibility index (Phi) is 5.36. The highest BCUT2D eigenvalue weighted by Crippen LogP contribution is 2.31. The average molecular weight is 327 g/mol. The lowest BCUT2D eigenvalue weighted by Gasteiger charge is -2.24. The van der Waals surface area contributed by atoms with Gasteiger partial charge in [-0.1, -0.05) is 48.2 Å². The molecule has 1 aliphatic rings. The van der Waals surface area contributed by atoms with Gasteiger partial charge in [-0.15, -0.1) is 0 Å². The van der Waals surface area contributed by atoms with Crippen molar-refractivity contribution in [2.75, 3.05) is 13.1 Å². The first-order valence-electron chi connectivity index (χ1n) is 8.02. The van der Waals surface area contributed by atoms with Crippen LogP contribution in [-0.2, 0) is 11.2 Å². The van der Waals surface area contributed by atoms with Crippen molar-refractivity contribution in [3.05, 3.63) is 60.2 Å². The van der Waals surface area contributed by atoms with Crippen molar-refractivity contribution in [1.29, 1.82) is 0 Å². The number of likely N-dealkylation sites (tertiary alicyclic amines) is 1. The molecule has 0 aliphatic carbocycles. The van der Waals surface area contributed by atoms with E-state index < -0.39 is 12.0 Å². The summed E-state index contributed by atoms with van der Waals surface area (Å²) >= 11 is 1.70. The number of carboxylic acid groups (broad SMARTS) is 1. The molecule has 23 heavy (non-hydrogen) atoms. The maximum Gasteiger partial charge on any atom is 0.321 e. The molecular weight excluding hydrogens is 306 g/mol. The molecule has 1 heterocycles. The number of nitrogens with zero attached hydrogens (tertiary/aromatic N) is 1. The Morgan fingerprint density at radius 3 is 2.39 bits per heavy atom. The van der Waals surface area contributed by atoms with Gasteiger partial charge in [-0.3, -0.25) is 9.69 Å². The third-order valence-corrected chi connectivity index (χ3v) is 5.35. The van der Waals surface area contributed by atoms with Crippen LogP contribution in [0, 0.1) is 0 Å². The zero-order valence-electron chi connectivity index (χ0n) is 13.0. The summed E-state index contributed by atoms with van der Waals surface area (Å²) in [5, 5.41) is 9.63. The van der Waals surface area contributed by atoms with Gasteiger partial charge in [0.2, 0.25) is 0 Å². The normalized spacial score (nSPS) is 16.3. The number of benzene rings is 2. The van der Waals surface area contributed by atoms with Gasteiger partial charge in [0, 0.05) is 9.79 Å². The van der Waals surface area contributed by atoms with E-state index in [1.165, 1.54) is 4.90 Å². The second kappa shape index (κ2) is 7.66. The zero-order chi connectivity index (χ0) is 16.1. The summed E-state index contributed by atoms with van der Waals surface area (Å²) < 4.78 is 0. The van der Waals surface area contributed by atoms with Gasteiger partial charge in [0.25, 0.3) is 0 Å². The number of carboxylic acids is 1. The van der Waals surface area contributed by atoms with Crippen molar-refractivity contribution < 1.29 is 9.90 Å². The first kappa shape index (κ1) is 16.1. The summed E-state index contributed by atoms with van der Waals surface area (Å²) in [5.74, 6) is -0.716. The van der Waals surface area contributed by atoms with E-state index in [4.69, 9.17) is 0 Å². The fraction of sp³-hybridized carbons (Fsp3) is 0.316. The quantitative estimate of drug-likeness (QED) is 0.873. The first-order valence-corrected chi connectivity index (χ1v) is 8.83. The zero-order valence-corrected chi connectivity index (χ0v) is 13.8. The second-order valence-corrected chi connectivity index (χ2v) is 6.94. The Morgan fingerprint density at radius 1 is 1.04 bits per heavy atom. The Labute approximate surface area is 141 Å². The Balaban J connectivity index is 1.80. The van der Waals surface area contributed by atoms with Crippen molar-refractivity contribution >= 4 is 17.7 Å². The molecule has 1 saturated heterocycles. The third kappa shape index (κ3) is 4.15. The van der Waals surface area contributed by atoms with Gasteiger partial charge in [-0.25, -0.2) is 0 Å². The number of hydrogen-bond donors (Lipinski definition) is 1. The number of carbonyl (C=O) groups is 1. The molecule has 120 valence electrons. The molecule has 2 aromatic carbocycles. The van der Waals surface area contributed by atoms with Crippen LogP contribution in [0.1, 0.15) is 18.4 Å². The van der Waals surface area contributed by atoms with E-state index in [0.717, 1.165) is 36.4 Å². The molecule has 1 aliphatic heterocycles. The van der Waals surface area contributed by atoms with Gasteiger partial charge in [0.1, 0.15) is 6.04 Å². The second-order valence-electron chi connectivity index (χ2n) is 5.82. The van der Waals surface area contributed by atoms with Crippen LogP contribution in [0.4, 0.5) is 0 Å². The summed E-state index contributed by atoms with van der Waals surface area (Å²) in [6, 6.07) is 17.9. The highest BCUT2D eigenvalue weighted by atomic mass is 32.2. The van der Waals surface area contributed by atoms with Crippen molar-refractivity contribution in [3.63, 3.8) is 0 Å². The first-order chi connectivity index (χ1) is 11.2. The van der Waals surface area contributed by atoms with Crippen LogP contribution in [0.25, 0.3) is 0 Å². The maximum absolute atomic E-state index is 11.7. The standard InChI is InChI=1S/C19H21NO2S/c21-19(22)17(20-12-6-7-13-20)14-15-8-4-5-11-18(15)23-16-9-2-1-3-10-16/h1-5,8-11,17H,6-7,12-14H2,(H,21,22)/t17-/m1/s1. The molecule has 3 nitrogen and oxygen atoms in total. The van der Waals surface area contributed by atoms with Gasteiger partial charge in [0.15, 0.2) is 0 Å². The molecule has 0 saturated carbocycles. The predicted octanol–water partition coefficient (Wildman–Crippen LogP) is 3.93. The number of hydrogen-bond acceptors (Lipinski definition) is 3. The minimum atomic E-state index is -0.716. The predicted molar refractivity (Wildman–Crippen MR) is 92.9 cm³/mol. The molecule has 1 N–H and O–H groups in total. The van der Waals surface area contributed by atoms with Crippen LogP contribution in [0.2, 0.25) is 0 Å². The molecule has 1 atom stereocenters. The van der Waals surface area contributed by atoms with Crippen LogP contribution in [0.15, 0.2) is 64.4 Å². The average Bonchev–Trinajstić information content (AvgIpc) is 3.09. The van der Waals surface area contributed by atoms with Crippen LogP contribution >= 0.6 is 11.8 Å². The molecule has 0 unspecified atom stereocenters. The Bertz CT molecular complexity index is 653. The lowest BCUT2D eigenvalue weighted by Crippen LogP contribution is -2.40. The third-order valence-electron chi connectivity index (χ3n) is 4.22. The summed E-state index contributed by atoms with van der Waals surface area (Å²) in [6.07, 6.45) is 2.76. The Hall–Kier alpha value is -1.78. The molecule has 0 aromatic heterocycles. The number of rotatable bonds is 6. The fourth-order valence-corrected chi connectivity index (χ4v) is 4.00. The van der Waals surface area contributed by atoms with Gasteiger partial charge in [-0.2, -0.15) is 0 Å². The van der Waals surface area contributed by atoms with E-state index in [1.54, 1.807) is 11.8 Å². The van der Waals surface area contributed by atoms with E-state index >= 15 is 0 Å². The molecule has 3 rings (SSSR count). The minimum absolute atomic E-state index is 0.421. The van der Waals surface area contributed by atoms with Crippen LogP contribution in [-0.4, -0.2) is 35.1 Å². The highest BCUT2D eigenvalue weighted by molar-refractivity contribution is 7.99. The molecule has 1 fully saturated rings. The summed E-state index contributed by atoms with van der Waals surface area (Å²) in [7, 11) is 0. The monoisotopic (exact) mass is 327 g/mol. The minimum Gasteiger partial charge on any atom is -0.480 e. The van der Waals surface area contributed by atoms with E-state index in [2.05, 4.69) is 29.2 Å². The van der Waals surface area contributed by atoms with Crippen molar-refractivity contribution in [2.24, 2.45) is 0 Å². The SMILES string of the molecule is O=C(O)[C@@H](Cc1ccccc1Sc1ccccc1)N1CCCC1. The molecular formula is C19H21NO2S. The molecule has 0 spiro atoms. The van der Waals surface area contributed by atoms with E-state index in [-0.39, 0.29) is 0 Å². The summed E-state index contributed by atoms with van der Waals surface area (Å²) in [4.78, 5) is 16.1. The number of aliphatic carboxylic acids is 1. The van der Waals surface area contributed by atoms with E-state index in [9.17, 15) is 9.90 Å². The van der Waals surface area contributed by atoms with Crippen LogP contribution in [0.3, 0.4) is 0 Å². The molecule has 0 bridgehead atoms. The summed E-state index contributed by atoms with van der Waals surface area (Å²) in [5.41, 5.74) is 1.11. The van der Waals surface area contributed by atoms with Crippen LogP contribution < -0.4 is 0 Å². The molecule has 0 radical (unpaired) electrons. The molecule has 2 aromatic rings. The maximum atomic E-state index is 11.7. The van der Waals surface area contributed by atoms with E-state index in [0.29, 0.717) is 6.42 Å². The fourth-order valence-electron chi connectivity index (χ4n) is 3.02. The van der Waals surface area contributed by atoms with E-state index in [1.807, 2.05) is 30.3 Å². The van der Waals surface area contributed by atoms with Gasteiger partial charge in [0.05, 0.1) is 0 Å². The molecule has 4 heteroatoms.